The van der Waals surface area contributed by atoms with Crippen molar-refractivity contribution in [1.29, 1.82) is 0 Å². The summed E-state index contributed by atoms with van der Waals surface area (Å²) in [6.07, 6.45) is 4.64. The molecule has 4 heteroatoms. The van der Waals surface area contributed by atoms with Crippen LogP contribution in [0.4, 0.5) is 0 Å². The molecule has 0 aromatic heterocycles. The molecule has 4 nitrogen and oxygen atoms in total. The number of hydrogen-bond donors (Lipinski definition) is 1. The summed E-state index contributed by atoms with van der Waals surface area (Å²) >= 11 is 0. The van der Waals surface area contributed by atoms with Crippen LogP contribution in [0.25, 0.3) is 0 Å². The van der Waals surface area contributed by atoms with Gasteiger partial charge in [-0.25, -0.2) is 0 Å². The highest BCUT2D eigenvalue weighted by atomic mass is 16.5. The smallest absolute Gasteiger partial charge is 0.229 e. The maximum absolute atomic E-state index is 12.6. The Hall–Kier alpha value is -0.610. The van der Waals surface area contributed by atoms with E-state index >= 15 is 0 Å². The van der Waals surface area contributed by atoms with Gasteiger partial charge in [0, 0.05) is 19.1 Å². The fraction of sp³-hybridized carbons (Fsp3) is 0.933. The van der Waals surface area contributed by atoms with Crippen molar-refractivity contribution in [2.75, 3.05) is 32.8 Å². The molecular formula is C15H28N2O2. The minimum Gasteiger partial charge on any atom is -0.379 e. The predicted octanol–water partition coefficient (Wildman–Crippen LogP) is 1.65. The summed E-state index contributed by atoms with van der Waals surface area (Å²) < 4.78 is 5.52. The third-order valence-electron chi connectivity index (χ3n) is 4.38. The maximum Gasteiger partial charge on any atom is 0.229 e. The zero-order valence-corrected chi connectivity index (χ0v) is 12.4. The van der Waals surface area contributed by atoms with Crippen LogP contribution in [0.15, 0.2) is 0 Å². The van der Waals surface area contributed by atoms with E-state index in [0.717, 1.165) is 44.8 Å². The second-order valence-electron chi connectivity index (χ2n) is 6.07. The Labute approximate surface area is 116 Å². The summed E-state index contributed by atoms with van der Waals surface area (Å²) in [5, 5.41) is 3.45. The molecule has 0 aliphatic carbocycles. The van der Waals surface area contributed by atoms with Crippen LogP contribution in [0.5, 0.6) is 0 Å². The quantitative estimate of drug-likeness (QED) is 0.843. The van der Waals surface area contributed by atoms with E-state index in [-0.39, 0.29) is 12.0 Å². The lowest BCUT2D eigenvalue weighted by molar-refractivity contribution is -0.136. The van der Waals surface area contributed by atoms with Crippen molar-refractivity contribution >= 4 is 5.91 Å². The molecule has 0 bridgehead atoms. The summed E-state index contributed by atoms with van der Waals surface area (Å²) in [7, 11) is 0. The van der Waals surface area contributed by atoms with E-state index in [2.05, 4.69) is 24.1 Å². The number of hydrogen-bond acceptors (Lipinski definition) is 3. The van der Waals surface area contributed by atoms with Gasteiger partial charge in [-0.3, -0.25) is 4.79 Å². The van der Waals surface area contributed by atoms with Gasteiger partial charge < -0.3 is 15.0 Å². The Morgan fingerprint density at radius 1 is 1.32 bits per heavy atom. The maximum atomic E-state index is 12.6. The third-order valence-corrected chi connectivity index (χ3v) is 4.38. The molecule has 3 unspecified atom stereocenters. The molecule has 2 aliphatic rings. The SMILES string of the molecule is CCCNC1COCC1C(=O)N1CCCC(C)CC1. The number of rotatable bonds is 4. The van der Waals surface area contributed by atoms with Crippen LogP contribution in [-0.2, 0) is 9.53 Å². The molecule has 19 heavy (non-hydrogen) atoms. The number of likely N-dealkylation sites (tertiary alicyclic amines) is 1. The average molecular weight is 268 g/mol. The minimum atomic E-state index is 0.0277. The number of carbonyl (C=O) groups excluding carboxylic acids is 1. The number of amides is 1. The zero-order valence-electron chi connectivity index (χ0n) is 12.4. The first-order valence-electron chi connectivity index (χ1n) is 7.82. The topological polar surface area (TPSA) is 41.6 Å². The van der Waals surface area contributed by atoms with E-state index in [9.17, 15) is 4.79 Å². The largest absolute Gasteiger partial charge is 0.379 e. The van der Waals surface area contributed by atoms with E-state index in [1.54, 1.807) is 0 Å². The standard InChI is InChI=1S/C15H28N2O2/c1-3-7-16-14-11-19-10-13(14)15(18)17-8-4-5-12(2)6-9-17/h12-14,16H,3-11H2,1-2H3. The Balaban J connectivity index is 1.90. The summed E-state index contributed by atoms with van der Waals surface area (Å²) in [6, 6.07) is 0.216. The molecule has 0 saturated carbocycles. The molecule has 0 spiro atoms. The highest BCUT2D eigenvalue weighted by Crippen LogP contribution is 2.21. The first-order chi connectivity index (χ1) is 9.22. The molecule has 1 amide bonds. The van der Waals surface area contributed by atoms with Crippen LogP contribution in [0.1, 0.15) is 39.5 Å². The lowest BCUT2D eigenvalue weighted by atomic mass is 10.0. The first-order valence-corrected chi connectivity index (χ1v) is 7.82. The molecule has 0 aromatic carbocycles. The summed E-state index contributed by atoms with van der Waals surface area (Å²) in [5.41, 5.74) is 0. The van der Waals surface area contributed by atoms with Crippen molar-refractivity contribution in [3.05, 3.63) is 0 Å². The molecule has 3 atom stereocenters. The molecular weight excluding hydrogens is 240 g/mol. The Kier molecular flexibility index (Phi) is 5.64. The molecule has 110 valence electrons. The van der Waals surface area contributed by atoms with Crippen molar-refractivity contribution in [3.63, 3.8) is 0 Å². The summed E-state index contributed by atoms with van der Waals surface area (Å²) in [5.74, 6) is 1.09. The van der Waals surface area contributed by atoms with Gasteiger partial charge in [-0.1, -0.05) is 13.8 Å². The molecule has 0 radical (unpaired) electrons. The van der Waals surface area contributed by atoms with Crippen molar-refractivity contribution in [3.8, 4) is 0 Å². The second kappa shape index (κ2) is 7.25. The number of nitrogens with zero attached hydrogens (tertiary/aromatic N) is 1. The van der Waals surface area contributed by atoms with Crippen molar-refractivity contribution in [1.82, 2.24) is 10.2 Å². The van der Waals surface area contributed by atoms with E-state index in [1.807, 2.05) is 0 Å². The van der Waals surface area contributed by atoms with E-state index in [4.69, 9.17) is 4.74 Å². The van der Waals surface area contributed by atoms with Crippen LogP contribution >= 0.6 is 0 Å². The molecule has 2 aliphatic heterocycles. The Morgan fingerprint density at radius 2 is 2.16 bits per heavy atom. The monoisotopic (exact) mass is 268 g/mol. The average Bonchev–Trinajstić information content (AvgIpc) is 2.77. The Bertz CT molecular complexity index is 296. The molecule has 2 saturated heterocycles. The van der Waals surface area contributed by atoms with Gasteiger partial charge in [-0.2, -0.15) is 0 Å². The highest BCUT2D eigenvalue weighted by molar-refractivity contribution is 5.80. The number of ether oxygens (including phenoxy) is 1. The van der Waals surface area contributed by atoms with E-state index in [1.165, 1.54) is 6.42 Å². The van der Waals surface area contributed by atoms with Gasteiger partial charge in [0.1, 0.15) is 0 Å². The van der Waals surface area contributed by atoms with Crippen molar-refractivity contribution < 1.29 is 9.53 Å². The van der Waals surface area contributed by atoms with Gasteiger partial charge in [0.25, 0.3) is 0 Å². The fourth-order valence-electron chi connectivity index (χ4n) is 3.05. The van der Waals surface area contributed by atoms with Crippen LogP contribution in [-0.4, -0.2) is 49.7 Å². The van der Waals surface area contributed by atoms with Crippen LogP contribution < -0.4 is 5.32 Å². The van der Waals surface area contributed by atoms with Gasteiger partial charge in [-0.05, 0) is 38.1 Å². The lowest BCUT2D eigenvalue weighted by Gasteiger charge is -2.26. The van der Waals surface area contributed by atoms with Gasteiger partial charge in [-0.15, -0.1) is 0 Å². The fourth-order valence-corrected chi connectivity index (χ4v) is 3.05. The lowest BCUT2D eigenvalue weighted by Crippen LogP contribution is -2.46. The highest BCUT2D eigenvalue weighted by Gasteiger charge is 2.36. The predicted molar refractivity (Wildman–Crippen MR) is 76.0 cm³/mol. The van der Waals surface area contributed by atoms with E-state index in [0.29, 0.717) is 19.1 Å². The summed E-state index contributed by atoms with van der Waals surface area (Å²) in [6.45, 7) is 8.53. The molecule has 2 heterocycles. The van der Waals surface area contributed by atoms with Gasteiger partial charge in [0.05, 0.1) is 19.1 Å². The molecule has 0 aromatic rings. The second-order valence-corrected chi connectivity index (χ2v) is 6.07. The van der Waals surface area contributed by atoms with Crippen molar-refractivity contribution in [2.45, 2.75) is 45.6 Å². The third kappa shape index (κ3) is 3.93. The molecule has 1 N–H and O–H groups in total. The number of nitrogens with one attached hydrogen (secondary N) is 1. The van der Waals surface area contributed by atoms with Gasteiger partial charge in [0.15, 0.2) is 0 Å². The van der Waals surface area contributed by atoms with Crippen LogP contribution in [0.3, 0.4) is 0 Å². The Morgan fingerprint density at radius 3 is 2.95 bits per heavy atom. The minimum absolute atomic E-state index is 0.0277. The van der Waals surface area contributed by atoms with Crippen molar-refractivity contribution in [2.24, 2.45) is 11.8 Å². The van der Waals surface area contributed by atoms with E-state index < -0.39 is 0 Å². The molecule has 2 fully saturated rings. The number of carbonyl (C=O) groups is 1. The zero-order chi connectivity index (χ0) is 13.7. The van der Waals surface area contributed by atoms with Gasteiger partial charge >= 0.3 is 0 Å². The summed E-state index contributed by atoms with van der Waals surface area (Å²) in [4.78, 5) is 14.7. The molecule has 2 rings (SSSR count). The first kappa shape index (κ1) is 14.8. The van der Waals surface area contributed by atoms with Gasteiger partial charge in [0.2, 0.25) is 5.91 Å². The van der Waals surface area contributed by atoms with Crippen LogP contribution in [0, 0.1) is 11.8 Å². The van der Waals surface area contributed by atoms with Crippen LogP contribution in [0.2, 0.25) is 0 Å². The normalized spacial score (nSPS) is 32.3.